The predicted molar refractivity (Wildman–Crippen MR) is 21.7 cm³/mol. The Bertz CT molecular complexity index is 37.8. The molecule has 0 aromatic rings. The Morgan fingerprint density at radius 1 is 2.00 bits per heavy atom. The van der Waals surface area contributed by atoms with E-state index in [1.807, 2.05) is 5.97 Å². The van der Waals surface area contributed by atoms with Crippen molar-refractivity contribution in [2.24, 2.45) is 0 Å². The van der Waals surface area contributed by atoms with Crippen molar-refractivity contribution in [3.63, 3.8) is 0 Å². The first kappa shape index (κ1) is 4.03. The van der Waals surface area contributed by atoms with Crippen molar-refractivity contribution in [3.05, 3.63) is 0 Å². The fraction of sp³-hybridized carbons (Fsp3) is 0. The maximum Gasteiger partial charge on any atom is 0.326 e. The quantitative estimate of drug-likeness (QED) is 0.417. The van der Waals surface area contributed by atoms with E-state index in [1.165, 1.54) is 0 Å². The molecular weight excluding hydrogens is 117 g/mol. The molecule has 0 N–H and O–H groups in total. The number of nitrogens with zero attached hydrogens (tertiary/aromatic N) is 1. The number of hydrogen-bond donors (Lipinski definition) is 0. The molecule has 0 aromatic carbocycles. The van der Waals surface area contributed by atoms with Crippen LogP contribution in [0.4, 0.5) is 0 Å². The molecule has 0 bridgehead atoms. The Kier molecular flexibility index (Phi) is 3.06. The lowest BCUT2D eigenvalue weighted by atomic mass is 10.2. The molecule has 4 heavy (non-hydrogen) atoms. The van der Waals surface area contributed by atoms with Gasteiger partial charge in [0.2, 0.25) is 0 Å². The fourth-order valence-electron chi connectivity index (χ4n) is 0. The summed E-state index contributed by atoms with van der Waals surface area (Å²) in [6.07, 6.45) is 0.438. The second-order valence-electron chi connectivity index (χ2n) is 0.292. The average Bonchev–Trinajstić information content (AvgIpc) is 1.37. The summed E-state index contributed by atoms with van der Waals surface area (Å²) in [5, 5.41) is 7.58. The first-order chi connectivity index (χ1) is 1.91. The number of rotatable bonds is 0. The van der Waals surface area contributed by atoms with E-state index in [2.05, 4.69) is 15.8 Å². The van der Waals surface area contributed by atoms with Gasteiger partial charge in [-0.05, 0) is 0 Å². The molecule has 0 fully saturated rings. The van der Waals surface area contributed by atoms with Crippen LogP contribution in [0.15, 0.2) is 0 Å². The second kappa shape index (κ2) is 3.03. The smallest absolute Gasteiger partial charge is 0.212 e. The van der Waals surface area contributed by atoms with Gasteiger partial charge in [-0.2, -0.15) is 0 Å². The summed E-state index contributed by atoms with van der Waals surface area (Å²) in [7, 11) is 0. The molecule has 0 aromatic heterocycles. The Labute approximate surface area is 33.8 Å². The normalized spacial score (nSPS) is 4.00. The van der Waals surface area contributed by atoms with Crippen LogP contribution in [0.2, 0.25) is 0 Å². The van der Waals surface area contributed by atoms with Crippen LogP contribution in [0.1, 0.15) is 0 Å². The molecule has 0 saturated heterocycles. The summed E-state index contributed by atoms with van der Waals surface area (Å²) in [4.78, 5) is 0. The third-order valence-electron chi connectivity index (χ3n) is 0.0598. The molecule has 0 amide bonds. The van der Waals surface area contributed by atoms with Crippen molar-refractivity contribution in [2.75, 3.05) is 0 Å². The molecule has 0 spiro atoms. The van der Waals surface area contributed by atoms with Crippen LogP contribution in [0, 0.1) is 11.2 Å². The number of halogens is 1. The van der Waals surface area contributed by atoms with Gasteiger partial charge in [0, 0.05) is 5.97 Å². The van der Waals surface area contributed by atoms with E-state index < -0.39 is 0 Å². The Morgan fingerprint density at radius 3 is 2.25 bits per heavy atom. The third kappa shape index (κ3) is 2.03. The van der Waals surface area contributed by atoms with Crippen molar-refractivity contribution < 1.29 is 0 Å². The van der Waals surface area contributed by atoms with Crippen molar-refractivity contribution >= 4 is 21.9 Å². The minimum atomic E-state index is 0.438. The summed E-state index contributed by atoms with van der Waals surface area (Å²) in [5.74, 6) is 1.85. The zero-order valence-corrected chi connectivity index (χ0v) is 3.62. The largest absolute Gasteiger partial charge is 0.326 e. The standard InChI is InChI=1S/CHBBrN/c3-2-1-4/h2H. The van der Waals surface area contributed by atoms with Gasteiger partial charge < -0.3 is 0 Å². The molecule has 0 saturated carbocycles. The summed E-state index contributed by atoms with van der Waals surface area (Å²) < 4.78 is 0. The Balaban J connectivity index is 2.43. The van der Waals surface area contributed by atoms with Gasteiger partial charge in [-0.25, -0.2) is 5.26 Å². The molecule has 20 valence electrons. The molecule has 0 atom stereocenters. The summed E-state index contributed by atoms with van der Waals surface area (Å²) in [5.41, 5.74) is 0. The summed E-state index contributed by atoms with van der Waals surface area (Å²) >= 11 is 2.89. The van der Waals surface area contributed by atoms with Crippen molar-refractivity contribution in [1.82, 2.24) is 0 Å². The van der Waals surface area contributed by atoms with Gasteiger partial charge in [0.25, 0.3) is 0 Å². The molecule has 0 aliphatic heterocycles. The van der Waals surface area contributed by atoms with E-state index in [0.717, 1.165) is 0 Å². The Hall–Kier alpha value is 0.0349. The van der Waals surface area contributed by atoms with Crippen molar-refractivity contribution in [1.29, 1.82) is 5.26 Å². The van der Waals surface area contributed by atoms with Crippen LogP contribution >= 0.6 is 15.8 Å². The first-order valence-electron chi connectivity index (χ1n) is 0.844. The highest BCUT2D eigenvalue weighted by atomic mass is 79.9. The lowest BCUT2D eigenvalue weighted by molar-refractivity contribution is 1.56. The molecule has 1 nitrogen and oxygen atoms in total. The number of nitriles is 1. The molecule has 0 aliphatic carbocycles. The minimum absolute atomic E-state index is 0.438. The molecule has 0 aliphatic rings. The molecule has 0 unspecified atom stereocenters. The van der Waals surface area contributed by atoms with Gasteiger partial charge in [0.05, 0.1) is 0 Å². The first-order valence-corrected chi connectivity index (χ1v) is 1.97. The van der Waals surface area contributed by atoms with Crippen LogP contribution in [0.5, 0.6) is 0 Å². The van der Waals surface area contributed by atoms with Gasteiger partial charge in [-0.15, -0.1) is 15.8 Å². The second-order valence-corrected chi connectivity index (χ2v) is 0.852. The highest BCUT2D eigenvalue weighted by molar-refractivity contribution is 9.23. The lowest BCUT2D eigenvalue weighted by Crippen LogP contribution is -1.55. The third-order valence-corrected chi connectivity index (χ3v) is 0.311. The molecule has 3 heteroatoms. The van der Waals surface area contributed by atoms with Crippen LogP contribution < -0.4 is 0 Å². The zero-order valence-electron chi connectivity index (χ0n) is 2.03. The number of hydrogen-bond acceptors (Lipinski definition) is 1. The van der Waals surface area contributed by atoms with E-state index in [-0.39, 0.29) is 0 Å². The van der Waals surface area contributed by atoms with Crippen LogP contribution in [-0.4, -0.2) is 6.10 Å². The average molecular weight is 118 g/mol. The van der Waals surface area contributed by atoms with Crippen LogP contribution in [0.25, 0.3) is 0 Å². The van der Waals surface area contributed by atoms with Gasteiger partial charge in [-0.1, -0.05) is 0 Å². The van der Waals surface area contributed by atoms with Gasteiger partial charge in [0.15, 0.2) is 0 Å². The van der Waals surface area contributed by atoms with Gasteiger partial charge in [0.1, 0.15) is 0 Å². The topological polar surface area (TPSA) is 23.8 Å². The van der Waals surface area contributed by atoms with E-state index in [1.54, 1.807) is 0 Å². The fourth-order valence-corrected chi connectivity index (χ4v) is 0. The van der Waals surface area contributed by atoms with Gasteiger partial charge in [-0.3, -0.25) is 0 Å². The maximum atomic E-state index is 7.58. The molecule has 0 rings (SSSR count). The summed E-state index contributed by atoms with van der Waals surface area (Å²) in [6.45, 7) is 0. The Morgan fingerprint density at radius 2 is 2.25 bits per heavy atom. The van der Waals surface area contributed by atoms with E-state index in [0.29, 0.717) is 6.10 Å². The van der Waals surface area contributed by atoms with Crippen molar-refractivity contribution in [2.45, 2.75) is 0 Å². The van der Waals surface area contributed by atoms with E-state index in [9.17, 15) is 0 Å². The van der Waals surface area contributed by atoms with E-state index >= 15 is 0 Å². The SMILES string of the molecule is N#CBBr. The summed E-state index contributed by atoms with van der Waals surface area (Å²) in [6, 6.07) is 0. The highest BCUT2D eigenvalue weighted by Crippen LogP contribution is 1.62. The van der Waals surface area contributed by atoms with Crippen LogP contribution in [0.3, 0.4) is 0 Å². The molecule has 0 heterocycles. The monoisotopic (exact) mass is 117 g/mol. The predicted octanol–water partition coefficient (Wildman–Crippen LogP) is 0.214. The maximum absolute atomic E-state index is 7.58. The zero-order chi connectivity index (χ0) is 3.41. The minimum Gasteiger partial charge on any atom is -0.212 e. The van der Waals surface area contributed by atoms with Crippen LogP contribution in [-0.2, 0) is 0 Å². The van der Waals surface area contributed by atoms with Crippen molar-refractivity contribution in [3.8, 4) is 5.97 Å². The molecule has 0 radical (unpaired) electrons. The lowest BCUT2D eigenvalue weighted by Gasteiger charge is -1.38. The highest BCUT2D eigenvalue weighted by Gasteiger charge is 1.61. The van der Waals surface area contributed by atoms with E-state index in [4.69, 9.17) is 5.26 Å². The van der Waals surface area contributed by atoms with Gasteiger partial charge >= 0.3 is 6.10 Å². The molecular formula is CHBBrN.